The van der Waals surface area contributed by atoms with Crippen LogP contribution < -0.4 is 20.3 Å². The van der Waals surface area contributed by atoms with Crippen LogP contribution in [0.3, 0.4) is 0 Å². The van der Waals surface area contributed by atoms with Crippen molar-refractivity contribution in [1.29, 1.82) is 0 Å². The summed E-state index contributed by atoms with van der Waals surface area (Å²) in [6.07, 6.45) is -5.32. The van der Waals surface area contributed by atoms with Crippen LogP contribution in [0.2, 0.25) is 0 Å². The zero-order chi connectivity index (χ0) is 33.8. The molecule has 15 heteroatoms. The molecule has 1 unspecified atom stereocenters. The molecule has 0 spiro atoms. The maximum absolute atomic E-state index is 14.0. The summed E-state index contributed by atoms with van der Waals surface area (Å²) in [4.78, 5) is 38.2. The molecule has 0 bridgehead atoms. The van der Waals surface area contributed by atoms with Crippen molar-refractivity contribution >= 4 is 11.7 Å². The third-order valence-corrected chi connectivity index (χ3v) is 7.35. The van der Waals surface area contributed by atoms with Crippen molar-refractivity contribution in [3.8, 4) is 17.2 Å². The van der Waals surface area contributed by atoms with Crippen molar-refractivity contribution in [2.24, 2.45) is 0 Å². The number of hydrogen-bond acceptors (Lipinski definition) is 7. The molecule has 0 saturated carbocycles. The second-order valence-electron chi connectivity index (χ2n) is 10.8. The van der Waals surface area contributed by atoms with E-state index in [-0.39, 0.29) is 24.5 Å². The Labute approximate surface area is 264 Å². The molecule has 2 aromatic heterocycles. The SMILES string of the molecule is CC(c1nc2c(c(=O)n1-c1ccc(OCC(F)(F)F)cc1)CCCN2)N(Cc1cccnc1)C(=O)Cc1ccc(OC(F)(F)F)cc1. The van der Waals surface area contributed by atoms with Gasteiger partial charge in [-0.2, -0.15) is 13.2 Å². The van der Waals surface area contributed by atoms with E-state index in [4.69, 9.17) is 9.72 Å². The molecule has 4 aromatic rings. The lowest BCUT2D eigenvalue weighted by Crippen LogP contribution is -2.39. The predicted molar refractivity (Wildman–Crippen MR) is 158 cm³/mol. The zero-order valence-electron chi connectivity index (χ0n) is 24.9. The van der Waals surface area contributed by atoms with Crippen molar-refractivity contribution in [3.63, 3.8) is 0 Å². The zero-order valence-corrected chi connectivity index (χ0v) is 24.9. The van der Waals surface area contributed by atoms with Crippen molar-refractivity contribution in [2.45, 2.75) is 51.3 Å². The molecule has 0 radical (unpaired) electrons. The quantitative estimate of drug-likeness (QED) is 0.204. The van der Waals surface area contributed by atoms with Gasteiger partial charge in [-0.05, 0) is 73.4 Å². The first-order valence-corrected chi connectivity index (χ1v) is 14.5. The van der Waals surface area contributed by atoms with Gasteiger partial charge in [-0.1, -0.05) is 18.2 Å². The molecular weight excluding hydrogens is 632 g/mol. The van der Waals surface area contributed by atoms with Crippen LogP contribution in [0.15, 0.2) is 77.9 Å². The smallest absolute Gasteiger partial charge is 0.484 e. The lowest BCUT2D eigenvalue weighted by molar-refractivity contribution is -0.274. The maximum atomic E-state index is 14.0. The van der Waals surface area contributed by atoms with E-state index in [1.165, 1.54) is 45.9 Å². The summed E-state index contributed by atoms with van der Waals surface area (Å²) in [5.41, 5.74) is 1.40. The fraction of sp³-hybridized carbons (Fsp3) is 0.312. The molecule has 1 aliphatic rings. The third kappa shape index (κ3) is 8.60. The molecule has 0 fully saturated rings. The number of nitrogens with zero attached hydrogens (tertiary/aromatic N) is 4. The number of carbonyl (C=O) groups excluding carboxylic acids is 1. The van der Waals surface area contributed by atoms with Gasteiger partial charge in [-0.3, -0.25) is 19.1 Å². The number of hydrogen-bond donors (Lipinski definition) is 1. The van der Waals surface area contributed by atoms with Gasteiger partial charge in [0.2, 0.25) is 5.91 Å². The van der Waals surface area contributed by atoms with Crippen LogP contribution in [0.4, 0.5) is 32.2 Å². The Morgan fingerprint density at radius 1 is 1.00 bits per heavy atom. The summed E-state index contributed by atoms with van der Waals surface area (Å²) in [7, 11) is 0. The standard InChI is InChI=1S/C32H29F6N5O4/c1-20(42(18-22-4-2-14-39-17-22)27(44)16-21-6-10-25(11-7-21)47-32(36,37)38)29-41-28-26(5-3-15-40-28)30(45)43(29)23-8-12-24(13-9-23)46-19-31(33,34)35/h2,4,6-14,17,20,40H,3,5,15-16,18-19H2,1H3. The van der Waals surface area contributed by atoms with Gasteiger partial charge >= 0.3 is 12.5 Å². The lowest BCUT2D eigenvalue weighted by Gasteiger charge is -2.32. The highest BCUT2D eigenvalue weighted by Gasteiger charge is 2.32. The van der Waals surface area contributed by atoms with Gasteiger partial charge in [0.25, 0.3) is 5.56 Å². The number of rotatable bonds is 10. The van der Waals surface area contributed by atoms with E-state index in [1.807, 2.05) is 0 Å². The Balaban J connectivity index is 1.52. The summed E-state index contributed by atoms with van der Waals surface area (Å²) >= 11 is 0. The van der Waals surface area contributed by atoms with Crippen molar-refractivity contribution in [1.82, 2.24) is 19.4 Å². The van der Waals surface area contributed by atoms with E-state index in [1.54, 1.807) is 31.5 Å². The van der Waals surface area contributed by atoms with Crippen LogP contribution in [-0.2, 0) is 24.2 Å². The van der Waals surface area contributed by atoms with E-state index in [9.17, 15) is 35.9 Å². The Kier molecular flexibility index (Phi) is 9.72. The van der Waals surface area contributed by atoms with E-state index in [0.29, 0.717) is 47.6 Å². The van der Waals surface area contributed by atoms with Gasteiger partial charge in [0.1, 0.15) is 23.1 Å². The maximum Gasteiger partial charge on any atom is 0.573 e. The van der Waals surface area contributed by atoms with Crippen LogP contribution in [0.1, 0.15) is 41.9 Å². The summed E-state index contributed by atoms with van der Waals surface area (Å²) in [6, 6.07) is 13.0. The molecule has 1 aliphatic heterocycles. The highest BCUT2D eigenvalue weighted by molar-refractivity contribution is 5.79. The van der Waals surface area contributed by atoms with Crippen LogP contribution >= 0.6 is 0 Å². The Bertz CT molecular complexity index is 1740. The van der Waals surface area contributed by atoms with Crippen LogP contribution in [-0.4, -0.2) is 51.0 Å². The molecule has 2 aromatic carbocycles. The number of halogens is 6. The average molecular weight is 662 g/mol. The third-order valence-electron chi connectivity index (χ3n) is 7.35. The van der Waals surface area contributed by atoms with Gasteiger partial charge in [0.05, 0.1) is 23.7 Å². The number of anilines is 1. The monoisotopic (exact) mass is 661 g/mol. The first-order chi connectivity index (χ1) is 22.3. The summed E-state index contributed by atoms with van der Waals surface area (Å²) in [6.45, 7) is 0.829. The number of nitrogens with one attached hydrogen (secondary N) is 1. The van der Waals surface area contributed by atoms with Crippen molar-refractivity contribution in [3.05, 3.63) is 106 Å². The highest BCUT2D eigenvalue weighted by Crippen LogP contribution is 2.29. The Morgan fingerprint density at radius 2 is 1.70 bits per heavy atom. The van der Waals surface area contributed by atoms with Gasteiger partial charge in [-0.15, -0.1) is 13.2 Å². The summed E-state index contributed by atoms with van der Waals surface area (Å²) in [5.74, 6) is -0.356. The normalized spacial score (nSPS) is 13.7. The average Bonchev–Trinajstić information content (AvgIpc) is 3.03. The first-order valence-electron chi connectivity index (χ1n) is 14.5. The molecule has 248 valence electrons. The second-order valence-corrected chi connectivity index (χ2v) is 10.8. The van der Waals surface area contributed by atoms with Crippen LogP contribution in [0, 0.1) is 0 Å². The summed E-state index contributed by atoms with van der Waals surface area (Å²) < 4.78 is 86.0. The van der Waals surface area contributed by atoms with E-state index in [2.05, 4.69) is 15.0 Å². The van der Waals surface area contributed by atoms with E-state index >= 15 is 0 Å². The van der Waals surface area contributed by atoms with Crippen LogP contribution in [0.5, 0.6) is 11.5 Å². The van der Waals surface area contributed by atoms with Gasteiger partial charge in [0, 0.05) is 25.5 Å². The second kappa shape index (κ2) is 13.7. The van der Waals surface area contributed by atoms with E-state index in [0.717, 1.165) is 12.1 Å². The minimum Gasteiger partial charge on any atom is -0.484 e. The van der Waals surface area contributed by atoms with Gasteiger partial charge in [-0.25, -0.2) is 4.98 Å². The van der Waals surface area contributed by atoms with Gasteiger partial charge < -0.3 is 19.7 Å². The molecule has 47 heavy (non-hydrogen) atoms. The predicted octanol–water partition coefficient (Wildman–Crippen LogP) is 6.16. The molecule has 3 heterocycles. The molecular formula is C32H29F6N5O4. The number of fused-ring (bicyclic) bond motifs is 1. The largest absolute Gasteiger partial charge is 0.573 e. The molecule has 9 nitrogen and oxygen atoms in total. The number of amides is 1. The fourth-order valence-corrected chi connectivity index (χ4v) is 5.16. The number of carbonyl (C=O) groups is 1. The first kappa shape index (κ1) is 33.3. The Morgan fingerprint density at radius 3 is 2.34 bits per heavy atom. The number of benzene rings is 2. The fourth-order valence-electron chi connectivity index (χ4n) is 5.16. The number of ether oxygens (including phenoxy) is 2. The number of pyridine rings is 1. The van der Waals surface area contributed by atoms with Crippen LogP contribution in [0.25, 0.3) is 5.69 Å². The van der Waals surface area contributed by atoms with Crippen molar-refractivity contribution < 1.29 is 40.6 Å². The molecule has 1 amide bonds. The molecule has 1 atom stereocenters. The topological polar surface area (TPSA) is 98.6 Å². The summed E-state index contributed by atoms with van der Waals surface area (Å²) in [5, 5.41) is 3.14. The lowest BCUT2D eigenvalue weighted by atomic mass is 10.1. The molecule has 0 saturated heterocycles. The number of aromatic nitrogens is 3. The minimum absolute atomic E-state index is 0.0493. The van der Waals surface area contributed by atoms with Gasteiger partial charge in [0.15, 0.2) is 6.61 Å². The van der Waals surface area contributed by atoms with E-state index < -0.39 is 42.4 Å². The minimum atomic E-state index is -4.86. The number of alkyl halides is 6. The molecule has 1 N–H and O–H groups in total. The molecule has 5 rings (SSSR count). The Hall–Kier alpha value is -5.08. The highest BCUT2D eigenvalue weighted by atomic mass is 19.4. The van der Waals surface area contributed by atoms with Crippen molar-refractivity contribution in [2.75, 3.05) is 18.5 Å². The molecule has 0 aliphatic carbocycles.